The Morgan fingerprint density at radius 2 is 2.17 bits per heavy atom. The topological polar surface area (TPSA) is 90.6 Å². The zero-order chi connectivity index (χ0) is 21.1. The van der Waals surface area contributed by atoms with Crippen LogP contribution >= 0.6 is 0 Å². The maximum atomic E-state index is 11.1. The molecule has 1 N–H and O–H groups in total. The van der Waals surface area contributed by atoms with E-state index in [9.17, 15) is 4.79 Å². The maximum Gasteiger partial charge on any atom is 0.226 e. The number of rotatable bonds is 10. The van der Waals surface area contributed by atoms with Crippen molar-refractivity contribution in [1.82, 2.24) is 19.9 Å². The van der Waals surface area contributed by atoms with Crippen molar-refractivity contribution in [3.63, 3.8) is 0 Å². The van der Waals surface area contributed by atoms with E-state index in [0.29, 0.717) is 25.0 Å². The van der Waals surface area contributed by atoms with E-state index >= 15 is 0 Å². The van der Waals surface area contributed by atoms with Gasteiger partial charge in [0.05, 0.1) is 24.7 Å². The summed E-state index contributed by atoms with van der Waals surface area (Å²) < 4.78 is 14.2. The summed E-state index contributed by atoms with van der Waals surface area (Å²) in [6.07, 6.45) is 10.3. The van der Waals surface area contributed by atoms with Gasteiger partial charge in [0.25, 0.3) is 0 Å². The number of hydrogen-bond acceptors (Lipinski definition) is 6. The molecule has 30 heavy (non-hydrogen) atoms. The van der Waals surface area contributed by atoms with Crippen molar-refractivity contribution in [2.45, 2.75) is 58.2 Å². The van der Waals surface area contributed by atoms with Gasteiger partial charge >= 0.3 is 0 Å². The van der Waals surface area contributed by atoms with Crippen molar-refractivity contribution < 1.29 is 14.3 Å². The molecule has 162 valence electrons. The third-order valence-electron chi connectivity index (χ3n) is 5.75. The van der Waals surface area contributed by atoms with Crippen molar-refractivity contribution in [2.75, 3.05) is 20.3 Å². The lowest BCUT2D eigenvalue weighted by Crippen LogP contribution is -2.40. The van der Waals surface area contributed by atoms with Gasteiger partial charge in [-0.3, -0.25) is 9.79 Å². The molecule has 2 aliphatic rings. The molecule has 0 radical (unpaired) electrons. The van der Waals surface area contributed by atoms with Crippen molar-refractivity contribution in [1.29, 1.82) is 0 Å². The minimum atomic E-state index is -0.0272. The third kappa shape index (κ3) is 4.98. The quantitative estimate of drug-likeness (QED) is 0.605. The molecular formula is C22H31N5O3. The fourth-order valence-corrected chi connectivity index (χ4v) is 4.00. The summed E-state index contributed by atoms with van der Waals surface area (Å²) in [6.45, 7) is 5.62. The summed E-state index contributed by atoms with van der Waals surface area (Å²) in [7, 11) is 1.77. The van der Waals surface area contributed by atoms with E-state index < -0.39 is 0 Å². The van der Waals surface area contributed by atoms with Crippen LogP contribution in [0.5, 0.6) is 5.88 Å². The van der Waals surface area contributed by atoms with Gasteiger partial charge in [0.15, 0.2) is 0 Å². The molecular weight excluding hydrogens is 382 g/mol. The molecule has 2 aromatic rings. The average Bonchev–Trinajstić information content (AvgIpc) is 3.42. The van der Waals surface area contributed by atoms with Gasteiger partial charge in [-0.2, -0.15) is 0 Å². The fraction of sp³-hybridized carbons (Fsp3) is 0.636. The zero-order valence-corrected chi connectivity index (χ0v) is 18.0. The first-order valence-electron chi connectivity index (χ1n) is 10.8. The molecule has 8 heteroatoms. The number of carbonyl (C=O) groups is 1. The van der Waals surface area contributed by atoms with E-state index in [1.54, 1.807) is 13.4 Å². The number of carbonyl (C=O) groups excluding carboxylic acids is 1. The highest BCUT2D eigenvalue weighted by atomic mass is 16.5. The third-order valence-corrected chi connectivity index (χ3v) is 5.75. The Labute approximate surface area is 177 Å². The van der Waals surface area contributed by atoms with Gasteiger partial charge in [-0.05, 0) is 44.4 Å². The standard InChI is InChI=1S/C22H31N5O3/c1-14(26-15(2)28)11-29-19-6-17(7-19)12-30-22-20-18(8-23-3)10-27(9-16-4-5-16)21(20)24-13-25-22/h8,10,13-14,16-17,19H,4-7,9,11-12H2,1-3H3,(H,26,28)/t14-,17?,19?/m0/s1. The van der Waals surface area contributed by atoms with Gasteiger partial charge in [-0.15, -0.1) is 0 Å². The van der Waals surface area contributed by atoms with E-state index in [1.807, 2.05) is 13.1 Å². The van der Waals surface area contributed by atoms with Crippen molar-refractivity contribution in [2.24, 2.45) is 16.8 Å². The summed E-state index contributed by atoms with van der Waals surface area (Å²) in [5.74, 6) is 1.81. The highest BCUT2D eigenvalue weighted by molar-refractivity contribution is 6.00. The normalized spacial score (nSPS) is 22.2. The molecule has 1 atom stereocenters. The van der Waals surface area contributed by atoms with E-state index in [1.165, 1.54) is 19.8 Å². The van der Waals surface area contributed by atoms with E-state index in [-0.39, 0.29) is 18.1 Å². The highest BCUT2D eigenvalue weighted by Crippen LogP contribution is 2.35. The summed E-state index contributed by atoms with van der Waals surface area (Å²) in [4.78, 5) is 24.2. The number of nitrogens with one attached hydrogen (secondary N) is 1. The van der Waals surface area contributed by atoms with Gasteiger partial charge in [0.2, 0.25) is 11.8 Å². The van der Waals surface area contributed by atoms with Crippen LogP contribution in [-0.4, -0.2) is 59.1 Å². The van der Waals surface area contributed by atoms with Gasteiger partial charge in [0.1, 0.15) is 12.0 Å². The molecule has 2 saturated carbocycles. The Kier molecular flexibility index (Phi) is 6.32. The maximum absolute atomic E-state index is 11.1. The zero-order valence-electron chi connectivity index (χ0n) is 18.0. The molecule has 1 amide bonds. The Morgan fingerprint density at radius 3 is 2.87 bits per heavy atom. The van der Waals surface area contributed by atoms with E-state index in [0.717, 1.165) is 41.9 Å². The molecule has 0 unspecified atom stereocenters. The number of nitrogens with zero attached hydrogens (tertiary/aromatic N) is 4. The monoisotopic (exact) mass is 413 g/mol. The predicted molar refractivity (Wildman–Crippen MR) is 115 cm³/mol. The molecule has 2 heterocycles. The SMILES string of the molecule is CN=Cc1cn(CC2CC2)c2ncnc(OCC3CC(OC[C@H](C)NC(C)=O)C3)c12. The van der Waals surface area contributed by atoms with Crippen molar-refractivity contribution in [3.8, 4) is 5.88 Å². The number of aromatic nitrogens is 3. The predicted octanol–water partition coefficient (Wildman–Crippen LogP) is 2.59. The molecule has 0 spiro atoms. The van der Waals surface area contributed by atoms with Crippen LogP contribution in [0.2, 0.25) is 0 Å². The smallest absolute Gasteiger partial charge is 0.226 e. The van der Waals surface area contributed by atoms with Gasteiger partial charge < -0.3 is 19.4 Å². The molecule has 8 nitrogen and oxygen atoms in total. The second-order valence-electron chi connectivity index (χ2n) is 8.65. The second kappa shape index (κ2) is 9.12. The van der Waals surface area contributed by atoms with Gasteiger partial charge in [-0.25, -0.2) is 9.97 Å². The van der Waals surface area contributed by atoms with Crippen LogP contribution in [0.4, 0.5) is 0 Å². The summed E-state index contributed by atoms with van der Waals surface area (Å²) in [5.41, 5.74) is 1.93. The number of fused-ring (bicyclic) bond motifs is 1. The minimum absolute atomic E-state index is 0.0272. The van der Waals surface area contributed by atoms with Crippen LogP contribution in [0.15, 0.2) is 17.5 Å². The van der Waals surface area contributed by atoms with Crippen LogP contribution < -0.4 is 10.1 Å². The Hall–Kier alpha value is -2.48. The second-order valence-corrected chi connectivity index (χ2v) is 8.65. The van der Waals surface area contributed by atoms with Crippen molar-refractivity contribution in [3.05, 3.63) is 18.1 Å². The molecule has 2 fully saturated rings. The molecule has 0 aliphatic heterocycles. The molecule has 4 rings (SSSR count). The highest BCUT2D eigenvalue weighted by Gasteiger charge is 2.31. The lowest BCUT2D eigenvalue weighted by Gasteiger charge is -2.35. The number of amides is 1. The van der Waals surface area contributed by atoms with Crippen LogP contribution in [-0.2, 0) is 16.1 Å². The summed E-state index contributed by atoms with van der Waals surface area (Å²) in [5, 5.41) is 3.78. The summed E-state index contributed by atoms with van der Waals surface area (Å²) >= 11 is 0. The molecule has 2 aliphatic carbocycles. The lowest BCUT2D eigenvalue weighted by atomic mass is 9.83. The van der Waals surface area contributed by atoms with E-state index in [2.05, 4.69) is 31.0 Å². The van der Waals surface area contributed by atoms with Gasteiger partial charge in [-0.1, -0.05) is 0 Å². The fourth-order valence-electron chi connectivity index (χ4n) is 4.00. The molecule has 0 bridgehead atoms. The largest absolute Gasteiger partial charge is 0.477 e. The summed E-state index contributed by atoms with van der Waals surface area (Å²) in [6, 6.07) is 0.0328. The minimum Gasteiger partial charge on any atom is -0.477 e. The average molecular weight is 414 g/mol. The van der Waals surface area contributed by atoms with Crippen LogP contribution in [0.1, 0.15) is 45.1 Å². The Bertz CT molecular complexity index is 915. The van der Waals surface area contributed by atoms with Crippen LogP contribution in [0.3, 0.4) is 0 Å². The number of ether oxygens (including phenoxy) is 2. The number of aliphatic imine (C=N–C) groups is 1. The molecule has 2 aromatic heterocycles. The molecule has 0 aromatic carbocycles. The Balaban J connectivity index is 1.33. The number of hydrogen-bond donors (Lipinski definition) is 1. The first-order valence-corrected chi connectivity index (χ1v) is 10.8. The van der Waals surface area contributed by atoms with Crippen molar-refractivity contribution >= 4 is 23.2 Å². The molecule has 0 saturated heterocycles. The lowest BCUT2D eigenvalue weighted by molar-refractivity contribution is -0.120. The van der Waals surface area contributed by atoms with E-state index in [4.69, 9.17) is 9.47 Å². The van der Waals surface area contributed by atoms with Gasteiger partial charge in [0, 0.05) is 44.5 Å². The first kappa shape index (κ1) is 20.8. The Morgan fingerprint density at radius 1 is 1.37 bits per heavy atom. The first-order chi connectivity index (χ1) is 14.5. The van der Waals surface area contributed by atoms with Crippen LogP contribution in [0, 0.1) is 11.8 Å². The van der Waals surface area contributed by atoms with Crippen LogP contribution in [0.25, 0.3) is 11.0 Å².